The molecule has 0 unspecified atom stereocenters. The van der Waals surface area contributed by atoms with Crippen molar-refractivity contribution < 1.29 is 27.5 Å². The van der Waals surface area contributed by atoms with Gasteiger partial charge in [-0.25, -0.2) is 0 Å². The second-order valence-corrected chi connectivity index (χ2v) is 11.5. The van der Waals surface area contributed by atoms with Crippen LogP contribution in [0.3, 0.4) is 0 Å². The molecular formula is C32H32ClF3N2O3. The summed E-state index contributed by atoms with van der Waals surface area (Å²) in [7, 11) is 0. The molecule has 0 bridgehead atoms. The van der Waals surface area contributed by atoms with Gasteiger partial charge in [-0.2, -0.15) is 0 Å². The Morgan fingerprint density at radius 2 is 1.68 bits per heavy atom. The molecule has 1 saturated heterocycles. The molecule has 9 heteroatoms. The largest absolute Gasteiger partial charge is 0.573 e. The molecule has 5 nitrogen and oxygen atoms in total. The third kappa shape index (κ3) is 7.50. The van der Waals surface area contributed by atoms with Crippen molar-refractivity contribution in [1.82, 2.24) is 10.2 Å². The third-order valence-corrected chi connectivity index (χ3v) is 7.61. The minimum absolute atomic E-state index is 0.218. The highest BCUT2D eigenvalue weighted by Crippen LogP contribution is 2.42. The van der Waals surface area contributed by atoms with Crippen molar-refractivity contribution in [2.75, 3.05) is 13.1 Å². The van der Waals surface area contributed by atoms with Crippen molar-refractivity contribution in [1.29, 1.82) is 0 Å². The predicted molar refractivity (Wildman–Crippen MR) is 154 cm³/mol. The van der Waals surface area contributed by atoms with E-state index in [0.29, 0.717) is 34.8 Å². The molecule has 2 amide bonds. The van der Waals surface area contributed by atoms with Crippen LogP contribution in [0.2, 0.25) is 5.02 Å². The van der Waals surface area contributed by atoms with E-state index in [2.05, 4.69) is 30.5 Å². The van der Waals surface area contributed by atoms with E-state index in [-0.39, 0.29) is 28.6 Å². The van der Waals surface area contributed by atoms with Gasteiger partial charge in [-0.1, -0.05) is 68.4 Å². The Morgan fingerprint density at radius 1 is 1.05 bits per heavy atom. The van der Waals surface area contributed by atoms with Gasteiger partial charge in [-0.3, -0.25) is 9.59 Å². The molecule has 4 rings (SSSR count). The van der Waals surface area contributed by atoms with Crippen molar-refractivity contribution >= 4 is 23.4 Å². The van der Waals surface area contributed by atoms with Gasteiger partial charge in [0.05, 0.1) is 0 Å². The summed E-state index contributed by atoms with van der Waals surface area (Å²) in [6.45, 7) is 10.9. The number of ether oxygens (including phenoxy) is 1. The van der Waals surface area contributed by atoms with E-state index >= 15 is 0 Å². The number of likely N-dealkylation sites (tertiary alicyclic amines) is 1. The Balaban J connectivity index is 1.48. The molecule has 2 atom stereocenters. The zero-order valence-corrected chi connectivity index (χ0v) is 23.9. The van der Waals surface area contributed by atoms with Gasteiger partial charge in [0, 0.05) is 23.7 Å². The Bertz CT molecular complexity index is 1440. The molecule has 1 aliphatic rings. The Morgan fingerprint density at radius 3 is 2.29 bits per heavy atom. The van der Waals surface area contributed by atoms with Gasteiger partial charge in [0.1, 0.15) is 11.8 Å². The lowest BCUT2D eigenvalue weighted by molar-refractivity contribution is -0.274. The van der Waals surface area contributed by atoms with Gasteiger partial charge >= 0.3 is 6.36 Å². The molecule has 0 saturated carbocycles. The average Bonchev–Trinajstić information content (AvgIpc) is 2.90. The Labute approximate surface area is 243 Å². The van der Waals surface area contributed by atoms with Gasteiger partial charge in [0.25, 0.3) is 5.91 Å². The quantitative estimate of drug-likeness (QED) is 0.291. The maximum Gasteiger partial charge on any atom is 0.573 e. The van der Waals surface area contributed by atoms with Crippen LogP contribution in [-0.4, -0.2) is 42.2 Å². The summed E-state index contributed by atoms with van der Waals surface area (Å²) in [6.07, 6.45) is -4.05. The number of piperidine rings is 1. The normalized spacial score (nSPS) is 17.4. The first-order chi connectivity index (χ1) is 19.2. The molecule has 0 radical (unpaired) electrons. The monoisotopic (exact) mass is 584 g/mol. The molecule has 1 aliphatic heterocycles. The third-order valence-electron chi connectivity index (χ3n) is 7.35. The zero-order chi connectivity index (χ0) is 29.9. The lowest BCUT2D eigenvalue weighted by Gasteiger charge is -2.45. The summed E-state index contributed by atoms with van der Waals surface area (Å²) in [6, 6.07) is 18.8. The standard InChI is InChI=1S/C32H32ClF3N2O3/c1-20(2)28(30(40)38-16-15-27(31(3,4)19-38)21-11-13-25(33)14-12-21)37-29(39)24-9-5-7-22(17-24)23-8-6-10-26(18-23)41-32(34,35)36/h5-14,17-18,27-28H,1,15-16,19H2,2-4H3,(H,37,39)/t27-,28-/m1/s1. The number of alkyl halides is 3. The number of amides is 2. The summed E-state index contributed by atoms with van der Waals surface area (Å²) in [5.74, 6) is -0.849. The molecule has 0 aliphatic carbocycles. The van der Waals surface area contributed by atoms with E-state index in [1.165, 1.54) is 23.8 Å². The van der Waals surface area contributed by atoms with Crippen LogP contribution in [0, 0.1) is 5.41 Å². The zero-order valence-electron chi connectivity index (χ0n) is 23.1. The predicted octanol–water partition coefficient (Wildman–Crippen LogP) is 7.62. The van der Waals surface area contributed by atoms with Gasteiger partial charge in [0.2, 0.25) is 5.91 Å². The summed E-state index contributed by atoms with van der Waals surface area (Å²) in [4.78, 5) is 28.7. The molecule has 3 aromatic rings. The van der Waals surface area contributed by atoms with E-state index < -0.39 is 18.3 Å². The number of rotatable bonds is 7. The van der Waals surface area contributed by atoms with Crippen LogP contribution in [0.4, 0.5) is 13.2 Å². The second kappa shape index (κ2) is 12.0. The van der Waals surface area contributed by atoms with Crippen molar-refractivity contribution in [3.63, 3.8) is 0 Å². The van der Waals surface area contributed by atoms with Crippen LogP contribution >= 0.6 is 11.6 Å². The molecule has 41 heavy (non-hydrogen) atoms. The smallest absolute Gasteiger partial charge is 0.406 e. The van der Waals surface area contributed by atoms with Crippen LogP contribution in [0.5, 0.6) is 5.75 Å². The van der Waals surface area contributed by atoms with E-state index in [9.17, 15) is 22.8 Å². The van der Waals surface area contributed by atoms with Crippen molar-refractivity contribution in [3.05, 3.63) is 101 Å². The van der Waals surface area contributed by atoms with Gasteiger partial charge < -0.3 is 15.0 Å². The van der Waals surface area contributed by atoms with Crippen molar-refractivity contribution in [3.8, 4) is 16.9 Å². The fourth-order valence-corrected chi connectivity index (χ4v) is 5.49. The summed E-state index contributed by atoms with van der Waals surface area (Å²) in [5, 5.41) is 3.48. The van der Waals surface area contributed by atoms with E-state index in [1.54, 1.807) is 42.2 Å². The Hall–Kier alpha value is -3.78. The van der Waals surface area contributed by atoms with E-state index in [0.717, 1.165) is 6.42 Å². The van der Waals surface area contributed by atoms with Gasteiger partial charge in [-0.15, -0.1) is 13.2 Å². The van der Waals surface area contributed by atoms with Crippen molar-refractivity contribution in [2.45, 2.75) is 45.5 Å². The molecule has 3 aromatic carbocycles. The number of benzene rings is 3. The molecular weight excluding hydrogens is 553 g/mol. The average molecular weight is 585 g/mol. The molecule has 0 aromatic heterocycles. The maximum atomic E-state index is 13.6. The molecule has 216 valence electrons. The minimum Gasteiger partial charge on any atom is -0.406 e. The molecule has 1 heterocycles. The number of halogens is 4. The van der Waals surface area contributed by atoms with Crippen molar-refractivity contribution in [2.24, 2.45) is 5.41 Å². The van der Waals surface area contributed by atoms with Gasteiger partial charge in [-0.05, 0) is 83.3 Å². The summed E-state index contributed by atoms with van der Waals surface area (Å²) >= 11 is 6.07. The topological polar surface area (TPSA) is 58.6 Å². The van der Waals surface area contributed by atoms with Crippen LogP contribution in [0.1, 0.15) is 49.0 Å². The maximum absolute atomic E-state index is 13.6. The molecule has 1 fully saturated rings. The van der Waals surface area contributed by atoms with E-state index in [1.807, 2.05) is 24.3 Å². The second-order valence-electron chi connectivity index (χ2n) is 11.1. The fraction of sp³-hybridized carbons (Fsp3) is 0.312. The number of nitrogens with zero attached hydrogens (tertiary/aromatic N) is 1. The van der Waals surface area contributed by atoms with Crippen LogP contribution in [0.25, 0.3) is 11.1 Å². The van der Waals surface area contributed by atoms with E-state index in [4.69, 9.17) is 11.6 Å². The van der Waals surface area contributed by atoms with Crippen LogP contribution in [-0.2, 0) is 4.79 Å². The number of nitrogens with one attached hydrogen (secondary N) is 1. The van der Waals surface area contributed by atoms with Crippen LogP contribution in [0.15, 0.2) is 84.9 Å². The number of carbonyl (C=O) groups is 2. The summed E-state index contributed by atoms with van der Waals surface area (Å²) < 4.78 is 42.0. The fourth-order valence-electron chi connectivity index (χ4n) is 5.36. The highest BCUT2D eigenvalue weighted by molar-refractivity contribution is 6.30. The number of hydrogen-bond donors (Lipinski definition) is 1. The molecule has 1 N–H and O–H groups in total. The Kier molecular flexibility index (Phi) is 8.83. The number of carbonyl (C=O) groups excluding carboxylic acids is 2. The first-order valence-corrected chi connectivity index (χ1v) is 13.6. The summed E-state index contributed by atoms with van der Waals surface area (Å²) in [5.41, 5.74) is 2.67. The first-order valence-electron chi connectivity index (χ1n) is 13.2. The highest BCUT2D eigenvalue weighted by atomic mass is 35.5. The minimum atomic E-state index is -4.81. The SMILES string of the molecule is C=C(C)[C@@H](NC(=O)c1cccc(-c2cccc(OC(F)(F)F)c2)c1)C(=O)N1CC[C@H](c2ccc(Cl)cc2)C(C)(C)C1. The highest BCUT2D eigenvalue weighted by Gasteiger charge is 2.40. The number of hydrogen-bond acceptors (Lipinski definition) is 3. The van der Waals surface area contributed by atoms with Crippen LogP contribution < -0.4 is 10.1 Å². The lowest BCUT2D eigenvalue weighted by atomic mass is 9.70. The van der Waals surface area contributed by atoms with Gasteiger partial charge in [0.15, 0.2) is 0 Å². The lowest BCUT2D eigenvalue weighted by Crippen LogP contribution is -2.54. The first kappa shape index (κ1) is 30.2. The molecule has 0 spiro atoms.